The lowest BCUT2D eigenvalue weighted by atomic mass is 10.1. The molecule has 0 aliphatic carbocycles. The molecule has 0 spiro atoms. The minimum atomic E-state index is -0.769. The quantitative estimate of drug-likeness (QED) is 0.741. The topological polar surface area (TPSA) is 72.9 Å². The summed E-state index contributed by atoms with van der Waals surface area (Å²) < 4.78 is 0. The van der Waals surface area contributed by atoms with E-state index in [1.54, 1.807) is 0 Å². The highest BCUT2D eigenvalue weighted by Crippen LogP contribution is 2.05. The second-order valence-electron chi connectivity index (χ2n) is 5.47. The summed E-state index contributed by atoms with van der Waals surface area (Å²) in [7, 11) is 0. The molecule has 1 saturated heterocycles. The van der Waals surface area contributed by atoms with E-state index in [0.717, 1.165) is 32.4 Å². The zero-order valence-corrected chi connectivity index (χ0v) is 12.6. The molecule has 1 unspecified atom stereocenters. The molecule has 0 bridgehead atoms. The lowest BCUT2D eigenvalue weighted by molar-refractivity contribution is -0.137. The van der Waals surface area contributed by atoms with Crippen molar-refractivity contribution in [3.8, 4) is 0 Å². The van der Waals surface area contributed by atoms with Crippen LogP contribution in [-0.2, 0) is 4.79 Å². The van der Waals surface area contributed by atoms with E-state index in [2.05, 4.69) is 17.1 Å². The van der Waals surface area contributed by atoms with Gasteiger partial charge in [0.05, 0.1) is 6.42 Å². The summed E-state index contributed by atoms with van der Waals surface area (Å²) in [4.78, 5) is 26.5. The molecular formula is C14H27N3O3. The van der Waals surface area contributed by atoms with Crippen molar-refractivity contribution >= 4 is 12.0 Å². The van der Waals surface area contributed by atoms with Gasteiger partial charge in [0.15, 0.2) is 0 Å². The van der Waals surface area contributed by atoms with Gasteiger partial charge in [-0.05, 0) is 13.3 Å². The van der Waals surface area contributed by atoms with Gasteiger partial charge in [-0.2, -0.15) is 0 Å². The van der Waals surface area contributed by atoms with Crippen molar-refractivity contribution in [1.82, 2.24) is 15.1 Å². The van der Waals surface area contributed by atoms with Crippen LogP contribution < -0.4 is 5.32 Å². The number of rotatable bonds is 7. The van der Waals surface area contributed by atoms with Gasteiger partial charge in [-0.25, -0.2) is 4.79 Å². The Morgan fingerprint density at radius 2 is 1.90 bits per heavy atom. The first-order valence-electron chi connectivity index (χ1n) is 7.52. The SMILES string of the molecule is CCCCC(C)NC(=O)N1CCN(CCC(=O)O)CC1. The van der Waals surface area contributed by atoms with E-state index in [4.69, 9.17) is 5.11 Å². The van der Waals surface area contributed by atoms with Crippen LogP contribution in [-0.4, -0.2) is 65.7 Å². The molecule has 6 nitrogen and oxygen atoms in total. The normalized spacial score (nSPS) is 17.8. The number of carbonyl (C=O) groups excluding carboxylic acids is 1. The van der Waals surface area contributed by atoms with Crippen molar-refractivity contribution < 1.29 is 14.7 Å². The van der Waals surface area contributed by atoms with Crippen LogP contribution in [0.1, 0.15) is 39.5 Å². The molecule has 0 aromatic rings. The van der Waals surface area contributed by atoms with Crippen LogP contribution >= 0.6 is 0 Å². The highest BCUT2D eigenvalue weighted by molar-refractivity contribution is 5.74. The van der Waals surface area contributed by atoms with Gasteiger partial charge < -0.3 is 15.3 Å². The Morgan fingerprint density at radius 3 is 2.45 bits per heavy atom. The molecule has 1 rings (SSSR count). The van der Waals surface area contributed by atoms with Crippen LogP contribution in [0.4, 0.5) is 4.79 Å². The molecule has 20 heavy (non-hydrogen) atoms. The van der Waals surface area contributed by atoms with E-state index in [1.165, 1.54) is 0 Å². The van der Waals surface area contributed by atoms with E-state index in [0.29, 0.717) is 19.6 Å². The molecule has 116 valence electrons. The van der Waals surface area contributed by atoms with Gasteiger partial charge in [0.2, 0.25) is 0 Å². The van der Waals surface area contributed by atoms with Crippen LogP contribution in [0.3, 0.4) is 0 Å². The maximum absolute atomic E-state index is 12.0. The molecule has 2 N–H and O–H groups in total. The minimum Gasteiger partial charge on any atom is -0.481 e. The Morgan fingerprint density at radius 1 is 1.25 bits per heavy atom. The predicted octanol–water partition coefficient (Wildman–Crippen LogP) is 1.37. The highest BCUT2D eigenvalue weighted by atomic mass is 16.4. The van der Waals surface area contributed by atoms with Crippen LogP contribution in [0.2, 0.25) is 0 Å². The first-order chi connectivity index (χ1) is 9.52. The number of carboxylic acids is 1. The van der Waals surface area contributed by atoms with Gasteiger partial charge in [0, 0.05) is 38.8 Å². The standard InChI is InChI=1S/C14H27N3O3/c1-3-4-5-12(2)15-14(20)17-10-8-16(9-11-17)7-6-13(18)19/h12H,3-11H2,1-2H3,(H,15,20)(H,18,19). The summed E-state index contributed by atoms with van der Waals surface area (Å²) >= 11 is 0. The number of carbonyl (C=O) groups is 2. The molecule has 1 heterocycles. The third-order valence-corrected chi connectivity index (χ3v) is 3.66. The van der Waals surface area contributed by atoms with Crippen molar-refractivity contribution in [2.24, 2.45) is 0 Å². The second kappa shape index (κ2) is 8.79. The fourth-order valence-electron chi connectivity index (χ4n) is 2.31. The fourth-order valence-corrected chi connectivity index (χ4v) is 2.31. The lowest BCUT2D eigenvalue weighted by Gasteiger charge is -2.35. The number of piperazine rings is 1. The summed E-state index contributed by atoms with van der Waals surface area (Å²) in [5.74, 6) is -0.769. The molecule has 1 fully saturated rings. The number of amides is 2. The second-order valence-corrected chi connectivity index (χ2v) is 5.47. The Bertz CT molecular complexity index is 315. The zero-order chi connectivity index (χ0) is 15.0. The molecule has 0 aromatic heterocycles. The Balaban J connectivity index is 2.23. The predicted molar refractivity (Wildman–Crippen MR) is 77.8 cm³/mol. The largest absolute Gasteiger partial charge is 0.481 e. The molecule has 1 aliphatic heterocycles. The molecule has 6 heteroatoms. The van der Waals surface area contributed by atoms with Gasteiger partial charge in [0.1, 0.15) is 0 Å². The average Bonchev–Trinajstić information content (AvgIpc) is 2.43. The van der Waals surface area contributed by atoms with E-state index in [9.17, 15) is 9.59 Å². The van der Waals surface area contributed by atoms with Crippen LogP contribution in [0.15, 0.2) is 0 Å². The van der Waals surface area contributed by atoms with Crippen molar-refractivity contribution in [1.29, 1.82) is 0 Å². The summed E-state index contributed by atoms with van der Waals surface area (Å²) in [6, 6.07) is 0.221. The number of urea groups is 1. The highest BCUT2D eigenvalue weighted by Gasteiger charge is 2.21. The number of carboxylic acid groups (broad SMARTS) is 1. The summed E-state index contributed by atoms with van der Waals surface area (Å²) in [5, 5.41) is 11.7. The van der Waals surface area contributed by atoms with Gasteiger partial charge in [-0.15, -0.1) is 0 Å². The Kier molecular flexibility index (Phi) is 7.36. The van der Waals surface area contributed by atoms with Crippen LogP contribution in [0, 0.1) is 0 Å². The maximum Gasteiger partial charge on any atom is 0.317 e. The number of nitrogens with one attached hydrogen (secondary N) is 1. The molecule has 0 radical (unpaired) electrons. The number of unbranched alkanes of at least 4 members (excludes halogenated alkanes) is 1. The molecule has 1 aliphatic rings. The Hall–Kier alpha value is -1.30. The van der Waals surface area contributed by atoms with Crippen molar-refractivity contribution in [2.75, 3.05) is 32.7 Å². The molecular weight excluding hydrogens is 258 g/mol. The zero-order valence-electron chi connectivity index (χ0n) is 12.6. The number of nitrogens with zero attached hydrogens (tertiary/aromatic N) is 2. The number of hydrogen-bond acceptors (Lipinski definition) is 3. The van der Waals surface area contributed by atoms with E-state index < -0.39 is 5.97 Å². The summed E-state index contributed by atoms with van der Waals surface area (Å²) in [5.41, 5.74) is 0. The van der Waals surface area contributed by atoms with Gasteiger partial charge >= 0.3 is 12.0 Å². The first-order valence-corrected chi connectivity index (χ1v) is 7.52. The summed E-state index contributed by atoms with van der Waals surface area (Å²) in [6.45, 7) is 7.60. The van der Waals surface area contributed by atoms with Gasteiger partial charge in [0.25, 0.3) is 0 Å². The lowest BCUT2D eigenvalue weighted by Crippen LogP contribution is -2.53. The molecule has 1 atom stereocenters. The maximum atomic E-state index is 12.0. The van der Waals surface area contributed by atoms with E-state index in [-0.39, 0.29) is 18.5 Å². The number of aliphatic carboxylic acids is 1. The van der Waals surface area contributed by atoms with Gasteiger partial charge in [-0.1, -0.05) is 19.8 Å². The summed E-state index contributed by atoms with van der Waals surface area (Å²) in [6.07, 6.45) is 3.45. The fraction of sp³-hybridized carbons (Fsp3) is 0.857. The smallest absolute Gasteiger partial charge is 0.317 e. The molecule has 0 saturated carbocycles. The van der Waals surface area contributed by atoms with E-state index >= 15 is 0 Å². The van der Waals surface area contributed by atoms with Crippen LogP contribution in [0.5, 0.6) is 0 Å². The average molecular weight is 285 g/mol. The minimum absolute atomic E-state index is 0.00601. The first kappa shape index (κ1) is 16.8. The third-order valence-electron chi connectivity index (χ3n) is 3.66. The Labute approximate surface area is 121 Å². The van der Waals surface area contributed by atoms with E-state index in [1.807, 2.05) is 11.8 Å². The monoisotopic (exact) mass is 285 g/mol. The number of hydrogen-bond donors (Lipinski definition) is 2. The van der Waals surface area contributed by atoms with Crippen LogP contribution in [0.25, 0.3) is 0 Å². The van der Waals surface area contributed by atoms with Crippen molar-refractivity contribution in [2.45, 2.75) is 45.6 Å². The molecule has 2 amide bonds. The van der Waals surface area contributed by atoms with Crippen molar-refractivity contribution in [3.05, 3.63) is 0 Å². The van der Waals surface area contributed by atoms with Gasteiger partial charge in [-0.3, -0.25) is 9.69 Å². The van der Waals surface area contributed by atoms with Crippen molar-refractivity contribution in [3.63, 3.8) is 0 Å². The third kappa shape index (κ3) is 6.23. The molecule has 0 aromatic carbocycles.